The van der Waals surface area contributed by atoms with Gasteiger partial charge in [-0.05, 0) is 18.2 Å². The topological polar surface area (TPSA) is 58.0 Å². The zero-order valence-corrected chi connectivity index (χ0v) is 11.7. The average Bonchev–Trinajstić information content (AvgIpc) is 3.16. The first-order chi connectivity index (χ1) is 9.36. The molecule has 0 spiro atoms. The molecule has 0 unspecified atom stereocenters. The molecule has 1 aromatic heterocycles. The molecular formula is C15H14FeN3O-. The van der Waals surface area contributed by atoms with Crippen LogP contribution in [0.1, 0.15) is 0 Å². The minimum Gasteiger partial charge on any atom is -0.494 e. The monoisotopic (exact) mass is 308 g/mol. The predicted molar refractivity (Wildman–Crippen MR) is 75.6 cm³/mol. The number of aliphatic hydroxyl groups is 1. The van der Waals surface area contributed by atoms with Crippen molar-refractivity contribution in [1.29, 1.82) is 0 Å². The maximum Gasteiger partial charge on any atom is 0.229 e. The van der Waals surface area contributed by atoms with E-state index in [-0.39, 0.29) is 23.0 Å². The first-order valence-electron chi connectivity index (χ1n) is 5.85. The third kappa shape index (κ3) is 5.18. The summed E-state index contributed by atoms with van der Waals surface area (Å²) in [6.07, 6.45) is 10.5. The Hall–Kier alpha value is -2.23. The van der Waals surface area contributed by atoms with Gasteiger partial charge in [0.15, 0.2) is 5.88 Å². The summed E-state index contributed by atoms with van der Waals surface area (Å²) in [6, 6.07) is 11.7. The third-order valence-electron chi connectivity index (χ3n) is 2.29. The van der Waals surface area contributed by atoms with Crippen LogP contribution in [-0.2, 0) is 17.1 Å². The Morgan fingerprint density at radius 1 is 1.00 bits per heavy atom. The second kappa shape index (κ2) is 8.80. The van der Waals surface area contributed by atoms with E-state index in [0.717, 1.165) is 5.57 Å². The normalized spacial score (nSPS) is 11.3. The van der Waals surface area contributed by atoms with Crippen molar-refractivity contribution in [3.05, 3.63) is 84.6 Å². The van der Waals surface area contributed by atoms with Gasteiger partial charge in [0.05, 0.1) is 0 Å². The second-order valence-corrected chi connectivity index (χ2v) is 3.68. The molecule has 0 radical (unpaired) electrons. The van der Waals surface area contributed by atoms with E-state index in [1.807, 2.05) is 42.5 Å². The molecule has 1 aromatic carbocycles. The summed E-state index contributed by atoms with van der Waals surface area (Å²) in [5.41, 5.74) is 0.720. The molecule has 3 rings (SSSR count). The molecule has 0 saturated heterocycles. The minimum atomic E-state index is 0. The number of aliphatic hydroxyl groups excluding tert-OH is 1. The Morgan fingerprint density at radius 2 is 1.60 bits per heavy atom. The van der Waals surface area contributed by atoms with Crippen LogP contribution >= 0.6 is 0 Å². The van der Waals surface area contributed by atoms with E-state index in [0.29, 0.717) is 5.95 Å². The number of anilines is 1. The van der Waals surface area contributed by atoms with Crippen molar-refractivity contribution in [3.63, 3.8) is 0 Å². The molecule has 1 aliphatic rings. The second-order valence-electron chi connectivity index (χ2n) is 3.68. The summed E-state index contributed by atoms with van der Waals surface area (Å²) in [5, 5.41) is 12.3. The molecule has 2 aromatic rings. The fourth-order valence-corrected chi connectivity index (χ4v) is 1.39. The van der Waals surface area contributed by atoms with Gasteiger partial charge in [-0.2, -0.15) is 18.2 Å². The quantitative estimate of drug-likeness (QED) is 0.508. The Bertz CT molecular complexity index is 543. The van der Waals surface area contributed by atoms with Gasteiger partial charge < -0.3 is 5.11 Å². The van der Waals surface area contributed by atoms with E-state index >= 15 is 0 Å². The summed E-state index contributed by atoms with van der Waals surface area (Å²) in [4.78, 5) is 7.85. The number of nitrogens with zero attached hydrogens (tertiary/aromatic N) is 2. The molecule has 0 fully saturated rings. The van der Waals surface area contributed by atoms with Gasteiger partial charge in [-0.3, -0.25) is 5.32 Å². The third-order valence-corrected chi connectivity index (χ3v) is 2.29. The number of nitrogens with one attached hydrogen (secondary N) is 1. The van der Waals surface area contributed by atoms with Gasteiger partial charge in [0, 0.05) is 35.0 Å². The van der Waals surface area contributed by atoms with Crippen LogP contribution in [0, 0.1) is 0 Å². The summed E-state index contributed by atoms with van der Waals surface area (Å²) >= 11 is 0. The van der Waals surface area contributed by atoms with Gasteiger partial charge in [-0.25, -0.2) is 22.1 Å². The SMILES string of the molecule is OC(Nc1ncccn1)=C1C=CC=C1.[Fe].c1cc[cH-]c1. The van der Waals surface area contributed by atoms with Gasteiger partial charge in [-0.1, -0.05) is 12.2 Å². The van der Waals surface area contributed by atoms with Crippen molar-refractivity contribution < 1.29 is 22.2 Å². The summed E-state index contributed by atoms with van der Waals surface area (Å²) < 4.78 is 0. The number of hydrogen-bond donors (Lipinski definition) is 2. The maximum atomic E-state index is 9.59. The van der Waals surface area contributed by atoms with Gasteiger partial charge in [-0.15, -0.1) is 0 Å². The van der Waals surface area contributed by atoms with Crippen LogP contribution in [0.5, 0.6) is 0 Å². The van der Waals surface area contributed by atoms with Crippen LogP contribution in [0.2, 0.25) is 0 Å². The van der Waals surface area contributed by atoms with Gasteiger partial charge in [0.1, 0.15) is 0 Å². The van der Waals surface area contributed by atoms with Crippen LogP contribution in [0.25, 0.3) is 0 Å². The smallest absolute Gasteiger partial charge is 0.229 e. The average molecular weight is 308 g/mol. The van der Waals surface area contributed by atoms with Crippen molar-refractivity contribution in [2.24, 2.45) is 0 Å². The minimum absolute atomic E-state index is 0. The molecule has 0 amide bonds. The maximum absolute atomic E-state index is 9.59. The molecule has 0 bridgehead atoms. The van der Waals surface area contributed by atoms with Crippen molar-refractivity contribution in [1.82, 2.24) is 9.97 Å². The molecule has 20 heavy (non-hydrogen) atoms. The first-order valence-corrected chi connectivity index (χ1v) is 5.85. The van der Waals surface area contributed by atoms with Crippen LogP contribution in [-0.4, -0.2) is 15.1 Å². The van der Waals surface area contributed by atoms with Crippen LogP contribution in [0.4, 0.5) is 5.95 Å². The van der Waals surface area contributed by atoms with Crippen molar-refractivity contribution in [3.8, 4) is 0 Å². The molecule has 0 atom stereocenters. The Labute approximate surface area is 128 Å². The van der Waals surface area contributed by atoms with Crippen molar-refractivity contribution in [2.75, 3.05) is 5.32 Å². The molecular weight excluding hydrogens is 294 g/mol. The van der Waals surface area contributed by atoms with E-state index in [4.69, 9.17) is 0 Å². The van der Waals surface area contributed by atoms with Gasteiger partial charge in [0.2, 0.25) is 5.95 Å². The molecule has 1 aliphatic carbocycles. The number of rotatable bonds is 2. The largest absolute Gasteiger partial charge is 0.494 e. The van der Waals surface area contributed by atoms with Crippen LogP contribution in [0.3, 0.4) is 0 Å². The van der Waals surface area contributed by atoms with Crippen LogP contribution in [0.15, 0.2) is 84.6 Å². The van der Waals surface area contributed by atoms with Gasteiger partial charge in [0.25, 0.3) is 0 Å². The molecule has 0 saturated carbocycles. The van der Waals surface area contributed by atoms with Crippen molar-refractivity contribution in [2.45, 2.75) is 0 Å². The van der Waals surface area contributed by atoms with E-state index in [1.54, 1.807) is 30.6 Å². The van der Waals surface area contributed by atoms with Gasteiger partial charge >= 0.3 is 0 Å². The van der Waals surface area contributed by atoms with E-state index in [1.165, 1.54) is 0 Å². The summed E-state index contributed by atoms with van der Waals surface area (Å²) in [5.74, 6) is 0.437. The zero-order chi connectivity index (χ0) is 13.3. The first kappa shape index (κ1) is 15.8. The van der Waals surface area contributed by atoms with Crippen molar-refractivity contribution >= 4 is 5.95 Å². The Morgan fingerprint density at radius 3 is 2.10 bits per heavy atom. The molecule has 0 aliphatic heterocycles. The zero-order valence-electron chi connectivity index (χ0n) is 10.6. The number of hydrogen-bond acceptors (Lipinski definition) is 4. The van der Waals surface area contributed by atoms with E-state index < -0.39 is 0 Å². The Kier molecular flexibility index (Phi) is 6.96. The molecule has 5 heteroatoms. The molecule has 2 N–H and O–H groups in total. The number of allylic oxidation sites excluding steroid dienone is 5. The summed E-state index contributed by atoms with van der Waals surface area (Å²) in [6.45, 7) is 0. The van der Waals surface area contributed by atoms with E-state index in [9.17, 15) is 5.11 Å². The Balaban J connectivity index is 0.000000283. The van der Waals surface area contributed by atoms with Crippen LogP contribution < -0.4 is 5.32 Å². The fourth-order valence-electron chi connectivity index (χ4n) is 1.39. The molecule has 104 valence electrons. The fraction of sp³-hybridized carbons (Fsp3) is 0. The molecule has 1 heterocycles. The predicted octanol–water partition coefficient (Wildman–Crippen LogP) is 3.19. The molecule has 4 nitrogen and oxygen atoms in total. The van der Waals surface area contributed by atoms with E-state index in [2.05, 4.69) is 15.3 Å². The standard InChI is InChI=1S/C10H9N3O.C5H5.Fe/c14-9(8-4-1-2-5-8)13-10-11-6-3-7-12-10;1-2-4-5-3-1;/h1-7,14H,(H,11,12,13);1-5H;/q;-1;. The number of aromatic nitrogens is 2. The summed E-state index contributed by atoms with van der Waals surface area (Å²) in [7, 11) is 0.